The SMILES string of the molecule is CC(C)Cc1nc2ccc(NC(=O)[C@@H](C)n3nnc4ccccc4c3=O)cc2[nH]1. The van der Waals surface area contributed by atoms with Crippen molar-refractivity contribution >= 4 is 33.5 Å². The summed E-state index contributed by atoms with van der Waals surface area (Å²) in [6.45, 7) is 5.89. The number of imidazole rings is 1. The zero-order chi connectivity index (χ0) is 20.5. The van der Waals surface area contributed by atoms with Crippen molar-refractivity contribution in [1.82, 2.24) is 25.0 Å². The van der Waals surface area contributed by atoms with Crippen LogP contribution in [0, 0.1) is 5.92 Å². The molecule has 148 valence electrons. The summed E-state index contributed by atoms with van der Waals surface area (Å²) in [6.07, 6.45) is 0.858. The van der Waals surface area contributed by atoms with E-state index in [9.17, 15) is 9.59 Å². The van der Waals surface area contributed by atoms with E-state index in [0.717, 1.165) is 28.0 Å². The van der Waals surface area contributed by atoms with Gasteiger partial charge in [-0.3, -0.25) is 9.59 Å². The monoisotopic (exact) mass is 390 g/mol. The maximum atomic E-state index is 12.7. The van der Waals surface area contributed by atoms with Gasteiger partial charge in [-0.1, -0.05) is 31.2 Å². The number of aromatic amines is 1. The predicted octanol–water partition coefficient (Wildman–Crippen LogP) is 3.07. The van der Waals surface area contributed by atoms with Gasteiger partial charge in [0.25, 0.3) is 5.56 Å². The quantitative estimate of drug-likeness (QED) is 0.545. The molecular formula is C21H22N6O2. The number of hydrogen-bond acceptors (Lipinski definition) is 5. The van der Waals surface area contributed by atoms with Gasteiger partial charge in [-0.05, 0) is 43.2 Å². The van der Waals surface area contributed by atoms with Crippen molar-refractivity contribution < 1.29 is 4.79 Å². The molecule has 4 aromatic rings. The summed E-state index contributed by atoms with van der Waals surface area (Å²) in [6, 6.07) is 11.6. The largest absolute Gasteiger partial charge is 0.342 e. The highest BCUT2D eigenvalue weighted by Gasteiger charge is 2.19. The van der Waals surface area contributed by atoms with E-state index in [0.29, 0.717) is 22.5 Å². The Morgan fingerprint density at radius 2 is 1.93 bits per heavy atom. The predicted molar refractivity (Wildman–Crippen MR) is 112 cm³/mol. The second-order valence-electron chi connectivity index (χ2n) is 7.53. The average molecular weight is 390 g/mol. The molecule has 0 saturated carbocycles. The minimum absolute atomic E-state index is 0.347. The summed E-state index contributed by atoms with van der Waals surface area (Å²) in [5.74, 6) is 1.07. The van der Waals surface area contributed by atoms with Crippen LogP contribution in [-0.2, 0) is 11.2 Å². The van der Waals surface area contributed by atoms with E-state index < -0.39 is 6.04 Å². The molecule has 0 aliphatic rings. The molecule has 8 nitrogen and oxygen atoms in total. The second-order valence-corrected chi connectivity index (χ2v) is 7.53. The highest BCUT2D eigenvalue weighted by Crippen LogP contribution is 2.19. The molecular weight excluding hydrogens is 368 g/mol. The van der Waals surface area contributed by atoms with Crippen molar-refractivity contribution in [3.63, 3.8) is 0 Å². The van der Waals surface area contributed by atoms with Crippen LogP contribution in [0.1, 0.15) is 32.6 Å². The molecule has 0 saturated heterocycles. The first-order valence-electron chi connectivity index (χ1n) is 9.56. The summed E-state index contributed by atoms with van der Waals surface area (Å²) < 4.78 is 1.10. The van der Waals surface area contributed by atoms with Crippen LogP contribution < -0.4 is 10.9 Å². The van der Waals surface area contributed by atoms with E-state index in [1.807, 2.05) is 12.1 Å². The van der Waals surface area contributed by atoms with Crippen LogP contribution in [0.25, 0.3) is 21.9 Å². The van der Waals surface area contributed by atoms with Gasteiger partial charge in [0.15, 0.2) is 0 Å². The van der Waals surface area contributed by atoms with Gasteiger partial charge < -0.3 is 10.3 Å². The van der Waals surface area contributed by atoms with Gasteiger partial charge in [-0.25, -0.2) is 4.98 Å². The molecule has 1 amide bonds. The third-order valence-corrected chi connectivity index (χ3v) is 4.74. The Morgan fingerprint density at radius 3 is 2.72 bits per heavy atom. The molecule has 0 bridgehead atoms. The molecule has 0 unspecified atom stereocenters. The van der Waals surface area contributed by atoms with Crippen LogP contribution in [0.2, 0.25) is 0 Å². The average Bonchev–Trinajstić information content (AvgIpc) is 3.08. The molecule has 2 heterocycles. The number of amides is 1. The zero-order valence-electron chi connectivity index (χ0n) is 16.5. The molecule has 0 aliphatic heterocycles. The fourth-order valence-electron chi connectivity index (χ4n) is 3.24. The van der Waals surface area contributed by atoms with Crippen LogP contribution in [0.3, 0.4) is 0 Å². The summed E-state index contributed by atoms with van der Waals surface area (Å²) in [5.41, 5.74) is 2.48. The van der Waals surface area contributed by atoms with Crippen molar-refractivity contribution in [3.05, 3.63) is 58.6 Å². The zero-order valence-corrected chi connectivity index (χ0v) is 16.5. The molecule has 4 rings (SSSR count). The van der Waals surface area contributed by atoms with Crippen molar-refractivity contribution in [1.29, 1.82) is 0 Å². The van der Waals surface area contributed by atoms with E-state index in [4.69, 9.17) is 0 Å². The number of aromatic nitrogens is 5. The molecule has 8 heteroatoms. The number of nitrogens with zero attached hydrogens (tertiary/aromatic N) is 4. The lowest BCUT2D eigenvalue weighted by Crippen LogP contribution is -2.34. The van der Waals surface area contributed by atoms with E-state index in [2.05, 4.69) is 39.4 Å². The highest BCUT2D eigenvalue weighted by atomic mass is 16.2. The number of rotatable bonds is 5. The number of H-pyrrole nitrogens is 1. The van der Waals surface area contributed by atoms with Gasteiger partial charge in [0, 0.05) is 12.1 Å². The minimum atomic E-state index is -0.812. The van der Waals surface area contributed by atoms with Crippen LogP contribution in [0.5, 0.6) is 0 Å². The number of hydrogen-bond donors (Lipinski definition) is 2. The molecule has 29 heavy (non-hydrogen) atoms. The van der Waals surface area contributed by atoms with Crippen LogP contribution in [0.4, 0.5) is 5.69 Å². The van der Waals surface area contributed by atoms with Gasteiger partial charge in [0.1, 0.15) is 17.4 Å². The van der Waals surface area contributed by atoms with E-state index in [-0.39, 0.29) is 11.5 Å². The van der Waals surface area contributed by atoms with Gasteiger partial charge in [-0.2, -0.15) is 4.68 Å². The molecule has 2 aromatic heterocycles. The standard InChI is InChI=1S/C21H22N6O2/c1-12(2)10-19-23-17-9-8-14(11-18(17)24-19)22-20(28)13(3)27-21(29)15-6-4-5-7-16(15)25-26-27/h4-9,11-13H,10H2,1-3H3,(H,22,28)(H,23,24)/t13-/m1/s1. The maximum Gasteiger partial charge on any atom is 0.278 e. The second kappa shape index (κ2) is 7.46. The van der Waals surface area contributed by atoms with Gasteiger partial charge >= 0.3 is 0 Å². The first kappa shape index (κ1) is 18.8. The topological polar surface area (TPSA) is 106 Å². The smallest absolute Gasteiger partial charge is 0.278 e. The molecule has 0 spiro atoms. The Morgan fingerprint density at radius 1 is 1.14 bits per heavy atom. The number of fused-ring (bicyclic) bond motifs is 2. The first-order chi connectivity index (χ1) is 13.9. The fraction of sp³-hybridized carbons (Fsp3) is 0.286. The molecule has 0 aliphatic carbocycles. The first-order valence-corrected chi connectivity index (χ1v) is 9.56. The van der Waals surface area contributed by atoms with Crippen LogP contribution >= 0.6 is 0 Å². The number of nitrogens with one attached hydrogen (secondary N) is 2. The Hall–Kier alpha value is -3.55. The lowest BCUT2D eigenvalue weighted by atomic mass is 10.1. The highest BCUT2D eigenvalue weighted by molar-refractivity contribution is 5.95. The Labute approximate surface area is 167 Å². The van der Waals surface area contributed by atoms with Crippen molar-refractivity contribution in [2.45, 2.75) is 33.2 Å². The number of carbonyl (C=O) groups excluding carboxylic acids is 1. The van der Waals surface area contributed by atoms with Crippen molar-refractivity contribution in [3.8, 4) is 0 Å². The van der Waals surface area contributed by atoms with Gasteiger partial charge in [0.2, 0.25) is 5.91 Å². The van der Waals surface area contributed by atoms with Gasteiger partial charge in [-0.15, -0.1) is 5.10 Å². The molecule has 0 radical (unpaired) electrons. The fourth-order valence-corrected chi connectivity index (χ4v) is 3.24. The van der Waals surface area contributed by atoms with Crippen molar-refractivity contribution in [2.75, 3.05) is 5.32 Å². The maximum absolute atomic E-state index is 12.7. The van der Waals surface area contributed by atoms with E-state index in [1.165, 1.54) is 0 Å². The number of anilines is 1. The summed E-state index contributed by atoms with van der Waals surface area (Å²) in [4.78, 5) is 33.2. The number of carbonyl (C=O) groups is 1. The molecule has 0 fully saturated rings. The Kier molecular flexibility index (Phi) is 4.84. The number of benzene rings is 2. The Bertz CT molecular complexity index is 1260. The van der Waals surface area contributed by atoms with E-state index >= 15 is 0 Å². The van der Waals surface area contributed by atoms with Crippen LogP contribution in [0.15, 0.2) is 47.3 Å². The summed E-state index contributed by atoms with van der Waals surface area (Å²) >= 11 is 0. The third-order valence-electron chi connectivity index (χ3n) is 4.74. The molecule has 2 N–H and O–H groups in total. The normalized spacial score (nSPS) is 12.6. The van der Waals surface area contributed by atoms with Crippen LogP contribution in [-0.4, -0.2) is 30.9 Å². The minimum Gasteiger partial charge on any atom is -0.342 e. The lowest BCUT2D eigenvalue weighted by Gasteiger charge is -2.13. The molecule has 1 atom stereocenters. The Balaban J connectivity index is 1.57. The van der Waals surface area contributed by atoms with Gasteiger partial charge in [0.05, 0.1) is 16.4 Å². The molecule has 2 aromatic carbocycles. The summed E-state index contributed by atoms with van der Waals surface area (Å²) in [7, 11) is 0. The third kappa shape index (κ3) is 3.73. The lowest BCUT2D eigenvalue weighted by molar-refractivity contribution is -0.119. The summed E-state index contributed by atoms with van der Waals surface area (Å²) in [5, 5.41) is 11.2. The van der Waals surface area contributed by atoms with E-state index in [1.54, 1.807) is 37.3 Å². The van der Waals surface area contributed by atoms with Crippen molar-refractivity contribution in [2.24, 2.45) is 5.92 Å².